The number of rotatable bonds is 6. The van der Waals surface area contributed by atoms with E-state index in [0.717, 1.165) is 224 Å². The van der Waals surface area contributed by atoms with E-state index in [-0.39, 0.29) is 113 Å². The lowest BCUT2D eigenvalue weighted by atomic mass is 9.64. The Hall–Kier alpha value is -7.08. The molecule has 3 saturated heterocycles. The number of aliphatic hydroxyl groups excluding tert-OH is 1. The van der Waals surface area contributed by atoms with Crippen LogP contribution in [0.4, 0.5) is 17.1 Å². The van der Waals surface area contributed by atoms with Gasteiger partial charge in [-0.05, 0) is 353 Å². The Kier molecular flexibility index (Phi) is 32.5. The van der Waals surface area contributed by atoms with Crippen LogP contribution in [0.3, 0.4) is 0 Å². The van der Waals surface area contributed by atoms with Crippen molar-refractivity contribution in [2.75, 3.05) is 160 Å². The normalized spacial score (nSPS) is 35.4. The minimum Gasteiger partial charge on any atom is -0.490 e. The van der Waals surface area contributed by atoms with Crippen LogP contribution in [-0.4, -0.2) is 246 Å². The van der Waals surface area contributed by atoms with Crippen LogP contribution in [0, 0.1) is 71.0 Å². The van der Waals surface area contributed by atoms with E-state index in [0.29, 0.717) is 117 Å². The average Bonchev–Trinajstić information content (AvgIpc) is 1.51. The molecule has 3 saturated carbocycles. The molecule has 9 aliphatic heterocycles. The van der Waals surface area contributed by atoms with Crippen molar-refractivity contribution in [2.24, 2.45) is 76.7 Å². The van der Waals surface area contributed by atoms with E-state index in [2.05, 4.69) is 116 Å². The second-order valence-electron chi connectivity index (χ2n) is 46.5. The van der Waals surface area contributed by atoms with Gasteiger partial charge in [-0.1, -0.05) is 93.0 Å². The van der Waals surface area contributed by atoms with Crippen molar-refractivity contribution in [3.63, 3.8) is 0 Å². The van der Waals surface area contributed by atoms with Crippen LogP contribution in [0.15, 0.2) is 109 Å². The van der Waals surface area contributed by atoms with Crippen LogP contribution in [0.1, 0.15) is 227 Å². The Morgan fingerprint density at radius 2 is 0.772 bits per heavy atom. The van der Waals surface area contributed by atoms with Gasteiger partial charge in [0, 0.05) is 120 Å². The first kappa shape index (κ1) is 106. The molecule has 6 aromatic rings. The van der Waals surface area contributed by atoms with Crippen molar-refractivity contribution in [1.29, 1.82) is 0 Å². The van der Waals surface area contributed by atoms with Crippen LogP contribution < -0.4 is 48.8 Å². The number of halogens is 3. The summed E-state index contributed by atoms with van der Waals surface area (Å²) >= 11 is 19.4. The minimum absolute atomic E-state index is 0.0901. The van der Waals surface area contributed by atoms with Crippen molar-refractivity contribution >= 4 is 105 Å². The molecule has 0 radical (unpaired) electrons. The average molecular weight is 2120 g/mol. The molecular weight excluding hydrogens is 1960 g/mol. The number of ether oxygens (including phenoxy) is 9. The summed E-state index contributed by atoms with van der Waals surface area (Å²) in [4.78, 5) is 52.2. The zero-order chi connectivity index (χ0) is 102. The van der Waals surface area contributed by atoms with Crippen molar-refractivity contribution in [3.05, 3.63) is 174 Å². The molecule has 3 amide bonds. The number of benzene rings is 6. The maximum atomic E-state index is 13.6. The fourth-order valence-corrected chi connectivity index (χ4v) is 31.8. The molecular formula is C112H152Cl3N9O18S3. The van der Waals surface area contributed by atoms with E-state index in [4.69, 9.17) is 83.2 Å². The number of carbonyl (C=O) groups is 3. The summed E-state index contributed by atoms with van der Waals surface area (Å²) in [5.74, 6) is 7.82. The first-order valence-corrected chi connectivity index (χ1v) is 59.8. The van der Waals surface area contributed by atoms with E-state index >= 15 is 0 Å². The number of nitrogens with two attached hydrogens (primary N) is 1. The zero-order valence-corrected chi connectivity index (χ0v) is 90.5. The van der Waals surface area contributed by atoms with Gasteiger partial charge in [0.1, 0.15) is 17.2 Å². The van der Waals surface area contributed by atoms with Crippen molar-refractivity contribution in [2.45, 2.75) is 240 Å². The molecule has 6 aromatic carbocycles. The molecule has 145 heavy (non-hydrogen) atoms. The molecule has 27 nitrogen and oxygen atoms in total. The van der Waals surface area contributed by atoms with Gasteiger partial charge in [0.25, 0.3) is 17.7 Å². The third-order valence-corrected chi connectivity index (χ3v) is 41.6. The Labute approximate surface area is 874 Å². The third-order valence-electron chi connectivity index (χ3n) is 35.8. The Balaban J connectivity index is 0.000000137. The number of carbonyl (C=O) groups excluding carboxylic acids is 3. The van der Waals surface area contributed by atoms with Crippen LogP contribution in [-0.2, 0) is 93.7 Å². The fraction of sp³-hybridized carbons (Fsp3) is 0.643. The number of anilines is 3. The first-order valence-electron chi connectivity index (χ1n) is 53.5. The van der Waals surface area contributed by atoms with Gasteiger partial charge in [0.05, 0.1) is 112 Å². The first-order chi connectivity index (χ1) is 69.4. The summed E-state index contributed by atoms with van der Waals surface area (Å²) in [6.07, 6.45) is 22.5. The van der Waals surface area contributed by atoms with Gasteiger partial charge < -0.3 is 78.0 Å². The molecule has 792 valence electrons. The molecule has 6 aliphatic carbocycles. The van der Waals surface area contributed by atoms with E-state index in [1.165, 1.54) is 33.4 Å². The van der Waals surface area contributed by atoms with Gasteiger partial charge in [0.2, 0.25) is 20.0 Å². The number of likely N-dealkylation sites (N-methyl/N-ethyl adjacent to an activating group) is 2. The quantitative estimate of drug-likeness (QED) is 0.0967. The van der Waals surface area contributed by atoms with Gasteiger partial charge >= 0.3 is 0 Å². The number of fused-ring (bicyclic) bond motifs is 12. The van der Waals surface area contributed by atoms with Gasteiger partial charge in [-0.25, -0.2) is 30.5 Å². The van der Waals surface area contributed by atoms with E-state index in [1.54, 1.807) is 31.2 Å². The lowest BCUT2D eigenvalue weighted by Gasteiger charge is -2.49. The number of sulfonamides is 2. The largest absolute Gasteiger partial charge is 0.490 e. The lowest BCUT2D eigenvalue weighted by molar-refractivity contribution is -0.249. The second-order valence-corrected chi connectivity index (χ2v) is 53.7. The predicted octanol–water partition coefficient (Wildman–Crippen LogP) is 16.4. The Bertz CT molecular complexity index is 5790. The summed E-state index contributed by atoms with van der Waals surface area (Å²) in [5, 5.41) is 11.3. The Morgan fingerprint density at radius 3 is 1.13 bits per heavy atom. The molecule has 15 aliphatic rings. The highest BCUT2D eigenvalue weighted by molar-refractivity contribution is 7.99. The van der Waals surface area contributed by atoms with E-state index < -0.39 is 58.6 Å². The molecule has 33 heteroatoms. The molecule has 6 fully saturated rings. The molecule has 3 spiro atoms. The summed E-state index contributed by atoms with van der Waals surface area (Å²) in [6.45, 7) is 16.8. The smallest absolute Gasteiger partial charge is 0.264 e. The van der Waals surface area contributed by atoms with Gasteiger partial charge in [-0.15, -0.1) is 0 Å². The van der Waals surface area contributed by atoms with Crippen molar-refractivity contribution in [1.82, 2.24) is 24.0 Å². The maximum Gasteiger partial charge on any atom is 0.264 e. The molecule has 6 N–H and O–H groups in total. The van der Waals surface area contributed by atoms with Crippen LogP contribution in [0.2, 0.25) is 15.1 Å². The van der Waals surface area contributed by atoms with Crippen LogP contribution in [0.25, 0.3) is 0 Å². The van der Waals surface area contributed by atoms with Crippen LogP contribution >= 0.6 is 34.8 Å². The number of hydrogen-bond donors (Lipinski definition) is 5. The van der Waals surface area contributed by atoms with Gasteiger partial charge in [-0.3, -0.25) is 19.1 Å². The SMILES string of the molecule is C=S1(=O)C[C@@H](C)CCC[C@@H](C2OCC(N(C)C)CO2)[C@@H]2CC[C@H]2CN2C[C@@]3(CCCc4cc(Cl)ccc43)COc3ccc(cc32)C(=O)N1.C[C@@H]1[C@@H](C)CCC[C@H](C2OCC(N)(CO)CO2)[C@@H]2CC[C@H]2CN2C[C@@]3(CCCc4cc(Cl)ccc43)COc3ccc(cc32)C(=O)NS1(=O)=O.C[C@H]1CCC[C@H](C2OCC(N(C)C)CO2)[C@@H]2CC[C@H]2CN2C[C@@]3(CCCc4cc(Cl)ccc43)COc3ccc(cc32)C(=O)NS(=O)(=O)C1. The van der Waals surface area contributed by atoms with Crippen molar-refractivity contribution in [3.8, 4) is 17.2 Å². The van der Waals surface area contributed by atoms with Crippen LogP contribution in [0.5, 0.6) is 17.2 Å². The number of amides is 3. The summed E-state index contributed by atoms with van der Waals surface area (Å²) < 4.78 is 133. The molecule has 21 rings (SSSR count). The third kappa shape index (κ3) is 23.5. The van der Waals surface area contributed by atoms with E-state index in [9.17, 15) is 40.5 Å². The summed E-state index contributed by atoms with van der Waals surface area (Å²) in [7, 11) is -2.31. The number of aliphatic hydroxyl groups is 1. The van der Waals surface area contributed by atoms with Crippen molar-refractivity contribution < 1.29 is 83.2 Å². The summed E-state index contributed by atoms with van der Waals surface area (Å²) in [6, 6.07) is 35.6. The Morgan fingerprint density at radius 1 is 0.421 bits per heavy atom. The number of nitrogens with zero attached hydrogens (tertiary/aromatic N) is 5. The van der Waals surface area contributed by atoms with E-state index in [1.807, 2.05) is 62.4 Å². The highest BCUT2D eigenvalue weighted by atomic mass is 35.5. The monoisotopic (exact) mass is 2110 g/mol. The number of nitrogens with one attached hydrogen (secondary N) is 3. The molecule has 17 atom stereocenters. The maximum absolute atomic E-state index is 13.6. The molecule has 6 bridgehead atoms. The highest BCUT2D eigenvalue weighted by Crippen LogP contribution is 2.55. The number of hydrogen-bond acceptors (Lipinski definition) is 24. The molecule has 0 aromatic heterocycles. The standard InChI is InChI=1S/C38H52ClN3O5S.C37H50ClN3O7S.C37H50ClN3O6S/c1-25-7-5-9-32(37-45-20-30(21-46-37)41(2)3)31-13-10-28(31)19-42-23-38(16-6-8-26-17-29(39)12-14-33(26)38)24-47-35-15-11-27(18-34(35)42)36(43)40-48(4,44)22-25;1-23-5-3-7-30(35-47-21-37(39,19-42)22-48-35)29-11-8-27(29)17-41-18-36(14-4-6-25-15-28(38)10-12-31(25)36)20-46-33-13-9-26(16-32(33)41)34(43)40-49(44,45)24(23)2;1-24-6-4-8-31(36-45-19-29(20-46-36)40(2)3)30-12-9-27(30)18-41-22-37(15-5-7-25-16-28(38)11-13-32(25)37)23-47-34-14-10-26(17-33(34)41)35(42)39-48(43,44)21-24/h11-12,14-15,17-18,25,28,30-32,37H,4-10,13,16,19-24H2,1-3H3,(H,40,43,44);9-10,12-13,15-16,23-24,27,29-30,35,42H,3-8,11,14,17-22,39H2,1-2H3,(H,40,43);10-11,13-14,16-17,24,27,29-31,36H,4-9,12,15,18-23H2,1-3H3,(H,39,42)/t25-,28-,30?,31+,32+,37?,38-,48?;23-,24+,27-,29+,30-,35?,36-,37?;24-,27-,29?,30+,31-,36?,37-/m000/s1. The topological polar surface area (TPSA) is 318 Å². The summed E-state index contributed by atoms with van der Waals surface area (Å²) in [5.41, 5.74) is 16.0. The molecule has 9 heterocycles. The minimum atomic E-state index is -3.94. The molecule has 1 unspecified atom stereocenters. The highest BCUT2D eigenvalue weighted by Gasteiger charge is 2.53. The second kappa shape index (κ2) is 44.3. The predicted molar refractivity (Wildman–Crippen MR) is 570 cm³/mol. The van der Waals surface area contributed by atoms with Gasteiger partial charge in [-0.2, -0.15) is 0 Å². The van der Waals surface area contributed by atoms with Gasteiger partial charge in [0.15, 0.2) is 18.9 Å². The fourth-order valence-electron chi connectivity index (χ4n) is 26.9. The zero-order valence-electron chi connectivity index (χ0n) is 85.7. The number of aryl methyl sites for hydroxylation is 3. The lowest BCUT2D eigenvalue weighted by Crippen LogP contribution is -2.59.